The normalized spacial score (nSPS) is 51.0. The Morgan fingerprint density at radius 3 is 2.35 bits per heavy atom. The number of hydrogen-bond acceptors (Lipinski definition) is 9. The van der Waals surface area contributed by atoms with Crippen molar-refractivity contribution in [2.75, 3.05) is 39.2 Å². The molecule has 3 unspecified atom stereocenters. The molecule has 3 aliphatic heterocycles. The third-order valence-corrected chi connectivity index (χ3v) is 17.1. The number of nitrogens with one attached hydrogen (secondary N) is 1. The van der Waals surface area contributed by atoms with Gasteiger partial charge < -0.3 is 29.2 Å². The molecule has 5 aliphatic carbocycles. The Balaban J connectivity index is 1.01. The fraction of sp³-hybridized carbons (Fsp3) is 1.00. The molecule has 0 radical (unpaired) electrons. The maximum Gasteiger partial charge on any atom is 0.209 e. The molecular formula is C37H62N2O8S. The number of aliphatic hydroxyl groups excluding tert-OH is 1. The smallest absolute Gasteiger partial charge is 0.209 e. The molecule has 5 saturated carbocycles. The first-order valence-corrected chi connectivity index (χ1v) is 20.9. The second-order valence-electron chi connectivity index (χ2n) is 19.1. The average molecular weight is 695 g/mol. The predicted molar refractivity (Wildman–Crippen MR) is 180 cm³/mol. The molecule has 0 amide bonds. The van der Waals surface area contributed by atoms with Gasteiger partial charge in [0.15, 0.2) is 6.29 Å². The third-order valence-electron chi connectivity index (χ3n) is 16.4. The highest BCUT2D eigenvalue weighted by molar-refractivity contribution is 7.88. The lowest BCUT2D eigenvalue weighted by molar-refractivity contribution is -0.256. The molecule has 8 fully saturated rings. The highest BCUT2D eigenvalue weighted by Gasteiger charge is 2.84. The number of sulfonamides is 1. The summed E-state index contributed by atoms with van der Waals surface area (Å²) in [7, 11) is -3.57. The van der Waals surface area contributed by atoms with Crippen LogP contribution >= 0.6 is 0 Å². The van der Waals surface area contributed by atoms with E-state index in [0.29, 0.717) is 36.3 Å². The van der Waals surface area contributed by atoms with Gasteiger partial charge in [-0.2, -0.15) is 0 Å². The molecule has 274 valence electrons. The van der Waals surface area contributed by atoms with Crippen molar-refractivity contribution >= 4 is 10.0 Å². The zero-order chi connectivity index (χ0) is 34.3. The lowest BCUT2D eigenvalue weighted by Crippen LogP contribution is -2.60. The Bertz CT molecular complexity index is 1380. The van der Waals surface area contributed by atoms with E-state index < -0.39 is 33.9 Å². The number of morpholine rings is 1. The van der Waals surface area contributed by atoms with Crippen LogP contribution in [-0.4, -0.2) is 111 Å². The van der Waals surface area contributed by atoms with Crippen LogP contribution < -0.4 is 4.72 Å². The molecule has 0 aromatic rings. The zero-order valence-electron chi connectivity index (χ0n) is 30.4. The largest absolute Gasteiger partial charge is 0.390 e. The van der Waals surface area contributed by atoms with Crippen LogP contribution in [0.2, 0.25) is 0 Å². The highest BCUT2D eigenvalue weighted by Crippen LogP contribution is 2.89. The Morgan fingerprint density at radius 1 is 0.979 bits per heavy atom. The summed E-state index contributed by atoms with van der Waals surface area (Å²) in [6.07, 6.45) is 9.23. The molecule has 8 rings (SSSR count). The van der Waals surface area contributed by atoms with Crippen molar-refractivity contribution in [2.45, 2.75) is 148 Å². The van der Waals surface area contributed by atoms with Crippen molar-refractivity contribution < 1.29 is 37.6 Å². The molecule has 48 heavy (non-hydrogen) atoms. The molecule has 3 heterocycles. The van der Waals surface area contributed by atoms with Gasteiger partial charge in [-0.15, -0.1) is 0 Å². The quantitative estimate of drug-likeness (QED) is 0.366. The molecule has 3 N–H and O–H groups in total. The minimum absolute atomic E-state index is 0.0386. The fourth-order valence-electron chi connectivity index (χ4n) is 13.8. The summed E-state index contributed by atoms with van der Waals surface area (Å²) in [6.45, 7) is 17.1. The van der Waals surface area contributed by atoms with Crippen LogP contribution in [0.1, 0.15) is 99.3 Å². The van der Waals surface area contributed by atoms with E-state index in [9.17, 15) is 18.6 Å². The van der Waals surface area contributed by atoms with Crippen LogP contribution in [0.3, 0.4) is 0 Å². The molecule has 0 aromatic carbocycles. The lowest BCUT2D eigenvalue weighted by Gasteiger charge is -2.63. The number of rotatable bonds is 7. The molecular weight excluding hydrogens is 632 g/mol. The van der Waals surface area contributed by atoms with Crippen molar-refractivity contribution in [1.82, 2.24) is 9.62 Å². The van der Waals surface area contributed by atoms with Gasteiger partial charge in [0.25, 0.3) is 0 Å². The van der Waals surface area contributed by atoms with Crippen molar-refractivity contribution in [3.8, 4) is 0 Å². The van der Waals surface area contributed by atoms with Gasteiger partial charge in [-0.05, 0) is 111 Å². The van der Waals surface area contributed by atoms with Gasteiger partial charge in [-0.25, -0.2) is 13.1 Å². The fourth-order valence-corrected chi connectivity index (χ4v) is 14.7. The van der Waals surface area contributed by atoms with E-state index in [0.717, 1.165) is 64.7 Å². The van der Waals surface area contributed by atoms with Crippen molar-refractivity contribution in [3.05, 3.63) is 0 Å². The molecule has 3 saturated heterocycles. The highest BCUT2D eigenvalue weighted by atomic mass is 32.2. The third kappa shape index (κ3) is 4.80. The van der Waals surface area contributed by atoms with Gasteiger partial charge in [0.05, 0.1) is 74.7 Å². The SMILES string of the molecule is CC(C)(O)[C@@H](NS(C)(=O)=O)[C@H]1CC[C@H]2[C@H](O1)[C@H](O)[C@@]1(C)[C@@H]3CCC4C(C)(C)[C@@H](OC5CN(C6COC6)CCO5)CC[C@@]45CC35CC[C@]21C. The first-order valence-electron chi connectivity index (χ1n) is 19.0. The van der Waals surface area contributed by atoms with E-state index in [1.165, 1.54) is 19.3 Å². The Hall–Kier alpha value is -0.370. The Labute approximate surface area is 288 Å². The Kier molecular flexibility index (Phi) is 8.01. The summed E-state index contributed by atoms with van der Waals surface area (Å²) < 4.78 is 52.6. The van der Waals surface area contributed by atoms with Crippen molar-refractivity contribution in [2.24, 2.45) is 44.8 Å². The summed E-state index contributed by atoms with van der Waals surface area (Å²) in [6, 6.07) is -0.285. The van der Waals surface area contributed by atoms with Crippen LogP contribution in [0.25, 0.3) is 0 Å². The van der Waals surface area contributed by atoms with Gasteiger partial charge >= 0.3 is 0 Å². The first-order chi connectivity index (χ1) is 22.4. The number of hydrogen-bond donors (Lipinski definition) is 3. The number of fused-ring (bicyclic) bond motifs is 4. The second kappa shape index (κ2) is 11.1. The van der Waals surface area contributed by atoms with E-state index in [4.69, 9.17) is 18.9 Å². The molecule has 8 aliphatic rings. The van der Waals surface area contributed by atoms with Crippen LogP contribution in [-0.2, 0) is 29.0 Å². The van der Waals surface area contributed by atoms with Gasteiger partial charge in [-0.1, -0.05) is 27.7 Å². The molecule has 13 atom stereocenters. The summed E-state index contributed by atoms with van der Waals surface area (Å²) in [5.74, 6) is 1.22. The molecule has 11 heteroatoms. The molecule has 10 nitrogen and oxygen atoms in total. The van der Waals surface area contributed by atoms with E-state index >= 15 is 0 Å². The lowest BCUT2D eigenvalue weighted by atomic mass is 9.41. The first kappa shape index (κ1) is 34.7. The summed E-state index contributed by atoms with van der Waals surface area (Å²) in [4.78, 5) is 2.49. The van der Waals surface area contributed by atoms with E-state index in [1.807, 2.05) is 0 Å². The number of ether oxygens (including phenoxy) is 4. The van der Waals surface area contributed by atoms with Gasteiger partial charge in [0.2, 0.25) is 10.0 Å². The predicted octanol–water partition coefficient (Wildman–Crippen LogP) is 3.68. The monoisotopic (exact) mass is 694 g/mol. The molecule has 2 spiro atoms. The van der Waals surface area contributed by atoms with Crippen LogP contribution in [0.5, 0.6) is 0 Å². The van der Waals surface area contributed by atoms with E-state index in [2.05, 4.69) is 37.3 Å². The van der Waals surface area contributed by atoms with Crippen molar-refractivity contribution in [3.63, 3.8) is 0 Å². The average Bonchev–Trinajstić information content (AvgIpc) is 3.61. The van der Waals surface area contributed by atoms with Gasteiger partial charge in [-0.3, -0.25) is 4.90 Å². The van der Waals surface area contributed by atoms with E-state index in [-0.39, 0.29) is 46.1 Å². The number of nitrogens with zero attached hydrogens (tertiary/aromatic N) is 1. The maximum atomic E-state index is 12.5. The van der Waals surface area contributed by atoms with Crippen LogP contribution in [0, 0.1) is 44.8 Å². The van der Waals surface area contributed by atoms with Crippen molar-refractivity contribution in [1.29, 1.82) is 0 Å². The zero-order valence-corrected chi connectivity index (χ0v) is 31.2. The molecule has 0 bridgehead atoms. The van der Waals surface area contributed by atoms with Gasteiger partial charge in [0, 0.05) is 12.0 Å². The second-order valence-corrected chi connectivity index (χ2v) is 20.9. The molecule has 0 aromatic heterocycles. The number of aliphatic hydroxyl groups is 2. The summed E-state index contributed by atoms with van der Waals surface area (Å²) in [5, 5.41) is 23.5. The van der Waals surface area contributed by atoms with E-state index in [1.54, 1.807) is 13.8 Å². The van der Waals surface area contributed by atoms with Gasteiger partial charge in [0.1, 0.15) is 0 Å². The summed E-state index contributed by atoms with van der Waals surface area (Å²) >= 11 is 0. The maximum absolute atomic E-state index is 12.5. The Morgan fingerprint density at radius 2 is 1.69 bits per heavy atom. The minimum atomic E-state index is -3.57. The summed E-state index contributed by atoms with van der Waals surface area (Å²) in [5.41, 5.74) is -1.08. The standard InChI is InChI=1S/C37H62N2O8S/c1-32(2)25-10-11-26-35(6)31(40)29-23(8-9-24(46-29)30(33(3,4)41)38-48(7,42)43)34(35,5)14-15-37(26)21-36(25,37)13-12-27(32)47-28-18-39(16-17-45-28)22-19-44-20-22/h22-31,38,40-41H,8-21H2,1-7H3/t23-,24+,25?,26-,27-,28?,29-,30-,31-,34+,35+,36+,37?/m0/s1. The topological polar surface area (TPSA) is 127 Å². The minimum Gasteiger partial charge on any atom is -0.390 e. The van der Waals surface area contributed by atoms with Crippen LogP contribution in [0.15, 0.2) is 0 Å². The van der Waals surface area contributed by atoms with Crippen LogP contribution in [0.4, 0.5) is 0 Å².